The van der Waals surface area contributed by atoms with E-state index in [-0.39, 0.29) is 23.2 Å². The summed E-state index contributed by atoms with van der Waals surface area (Å²) in [5.41, 5.74) is 0.580. The van der Waals surface area contributed by atoms with Crippen molar-refractivity contribution >= 4 is 35.0 Å². The molecule has 2 atom stereocenters. The monoisotopic (exact) mass is 414 g/mol. The van der Waals surface area contributed by atoms with Gasteiger partial charge in [-0.15, -0.1) is 0 Å². The van der Waals surface area contributed by atoms with Crippen molar-refractivity contribution in [3.8, 4) is 6.07 Å². The maximum absolute atomic E-state index is 12.2. The molecule has 9 nitrogen and oxygen atoms in total. The molecule has 0 aliphatic carbocycles. The van der Waals surface area contributed by atoms with Crippen LogP contribution in [0.15, 0.2) is 18.6 Å². The molecule has 1 N–H and O–H groups in total. The zero-order chi connectivity index (χ0) is 20.8. The lowest BCUT2D eigenvalue weighted by Crippen LogP contribution is -2.35. The highest BCUT2D eigenvalue weighted by molar-refractivity contribution is 6.32. The van der Waals surface area contributed by atoms with Gasteiger partial charge < -0.3 is 15.1 Å². The molecule has 2 aliphatic heterocycles. The predicted octanol–water partition coefficient (Wildman–Crippen LogP) is 2.20. The minimum atomic E-state index is -0.108. The maximum atomic E-state index is 12.2. The number of hydrogen-bond donors (Lipinski definition) is 1. The highest BCUT2D eigenvalue weighted by Gasteiger charge is 2.58. The van der Waals surface area contributed by atoms with E-state index >= 15 is 0 Å². The Balaban J connectivity index is 1.54. The number of nitrogens with zero attached hydrogens (tertiary/aromatic N) is 7. The highest BCUT2D eigenvalue weighted by atomic mass is 35.5. The first kappa shape index (κ1) is 19.5. The molecule has 2 aromatic heterocycles. The number of nitrogens with one attached hydrogen (secondary N) is 1. The number of amides is 1. The summed E-state index contributed by atoms with van der Waals surface area (Å²) in [6.45, 7) is 7.09. The van der Waals surface area contributed by atoms with Crippen molar-refractivity contribution in [2.45, 2.75) is 20.3 Å². The molecule has 0 aromatic carbocycles. The molecule has 2 aromatic rings. The average Bonchev–Trinajstić information content (AvgIpc) is 3.24. The second-order valence-electron chi connectivity index (χ2n) is 8.45. The number of halogens is 1. The molecule has 0 bridgehead atoms. The number of aryl methyl sites for hydroxylation is 1. The van der Waals surface area contributed by atoms with Crippen LogP contribution in [0.2, 0.25) is 5.02 Å². The number of likely N-dealkylation sites (tertiary alicyclic amines) is 1. The zero-order valence-corrected chi connectivity index (χ0v) is 17.4. The quantitative estimate of drug-likeness (QED) is 0.817. The van der Waals surface area contributed by atoms with Gasteiger partial charge in [-0.25, -0.2) is 4.98 Å². The smallest absolute Gasteiger partial charge is 0.236 e. The standard InChI is InChI=1S/C19H23ClN8O/c1-18-9-27(15(29)4-5-21)10-19(18,2)12-28(11-18)16-14(20)7-22-17(25-16)24-13-6-23-26(3)8-13/h6-8H,4,9-12H2,1-3H3,(H,22,24,25). The maximum Gasteiger partial charge on any atom is 0.236 e. The number of nitriles is 1. The lowest BCUT2D eigenvalue weighted by Gasteiger charge is -2.29. The van der Waals surface area contributed by atoms with Crippen LogP contribution >= 0.6 is 11.6 Å². The van der Waals surface area contributed by atoms with Gasteiger partial charge in [0.25, 0.3) is 0 Å². The van der Waals surface area contributed by atoms with Gasteiger partial charge in [-0.3, -0.25) is 9.48 Å². The molecule has 29 heavy (non-hydrogen) atoms. The normalized spacial score (nSPS) is 25.8. The van der Waals surface area contributed by atoms with E-state index in [2.05, 4.69) is 39.1 Å². The molecule has 0 radical (unpaired) electrons. The molecule has 1 amide bonds. The zero-order valence-electron chi connectivity index (χ0n) is 16.7. The van der Waals surface area contributed by atoms with Gasteiger partial charge >= 0.3 is 0 Å². The average molecular weight is 415 g/mol. The van der Waals surface area contributed by atoms with Gasteiger partial charge in [-0.05, 0) is 0 Å². The van der Waals surface area contributed by atoms with Crippen LogP contribution in [0.5, 0.6) is 0 Å². The van der Waals surface area contributed by atoms with Gasteiger partial charge in [0.1, 0.15) is 11.4 Å². The number of anilines is 3. The molecule has 2 aliphatic rings. The first-order chi connectivity index (χ1) is 13.7. The first-order valence-electron chi connectivity index (χ1n) is 9.41. The van der Waals surface area contributed by atoms with Gasteiger partial charge in [0.05, 0.1) is 24.2 Å². The molecule has 4 rings (SSSR count). The van der Waals surface area contributed by atoms with E-state index in [9.17, 15) is 4.79 Å². The van der Waals surface area contributed by atoms with E-state index in [0.29, 0.717) is 29.9 Å². The van der Waals surface area contributed by atoms with Crippen LogP contribution < -0.4 is 10.2 Å². The van der Waals surface area contributed by atoms with E-state index < -0.39 is 0 Å². The molecule has 0 saturated carbocycles. The summed E-state index contributed by atoms with van der Waals surface area (Å²) in [5, 5.41) is 16.6. The second kappa shape index (κ2) is 6.88. The van der Waals surface area contributed by atoms with Crippen molar-refractivity contribution < 1.29 is 4.79 Å². The number of hydrogen-bond acceptors (Lipinski definition) is 7. The van der Waals surface area contributed by atoms with E-state index in [1.54, 1.807) is 17.1 Å². The van der Waals surface area contributed by atoms with Crippen LogP contribution in [-0.4, -0.2) is 56.7 Å². The largest absolute Gasteiger partial charge is 0.354 e. The number of fused-ring (bicyclic) bond motifs is 1. The Kier molecular flexibility index (Phi) is 4.62. The van der Waals surface area contributed by atoms with Crippen molar-refractivity contribution in [3.05, 3.63) is 23.6 Å². The lowest BCUT2D eigenvalue weighted by molar-refractivity contribution is -0.129. The fraction of sp³-hybridized carbons (Fsp3) is 0.526. The Morgan fingerprint density at radius 2 is 1.97 bits per heavy atom. The van der Waals surface area contributed by atoms with Crippen molar-refractivity contribution in [3.63, 3.8) is 0 Å². The molecule has 152 valence electrons. The van der Waals surface area contributed by atoms with E-state index in [0.717, 1.165) is 18.8 Å². The lowest BCUT2D eigenvalue weighted by atomic mass is 9.71. The van der Waals surface area contributed by atoms with E-state index in [4.69, 9.17) is 16.9 Å². The molecule has 10 heteroatoms. The minimum Gasteiger partial charge on any atom is -0.354 e. The third kappa shape index (κ3) is 3.38. The third-order valence-electron chi connectivity index (χ3n) is 6.19. The van der Waals surface area contributed by atoms with Crippen LogP contribution in [-0.2, 0) is 11.8 Å². The summed E-state index contributed by atoms with van der Waals surface area (Å²) >= 11 is 6.44. The molecule has 2 unspecified atom stereocenters. The van der Waals surface area contributed by atoms with E-state index in [1.165, 1.54) is 0 Å². The van der Waals surface area contributed by atoms with Crippen molar-refractivity contribution in [2.75, 3.05) is 36.4 Å². The summed E-state index contributed by atoms with van der Waals surface area (Å²) in [6, 6.07) is 1.96. The molecular formula is C19H23ClN8O. The van der Waals surface area contributed by atoms with Crippen LogP contribution in [0.25, 0.3) is 0 Å². The van der Waals surface area contributed by atoms with Gasteiger partial charge in [-0.1, -0.05) is 25.4 Å². The number of carbonyl (C=O) groups excluding carboxylic acids is 1. The topological polar surface area (TPSA) is 103 Å². The Morgan fingerprint density at radius 1 is 1.28 bits per heavy atom. The molecule has 0 spiro atoms. The van der Waals surface area contributed by atoms with Crippen molar-refractivity contribution in [1.82, 2.24) is 24.6 Å². The summed E-state index contributed by atoms with van der Waals surface area (Å²) < 4.78 is 1.70. The summed E-state index contributed by atoms with van der Waals surface area (Å²) in [7, 11) is 1.84. The summed E-state index contributed by atoms with van der Waals surface area (Å²) in [4.78, 5) is 25.1. The fourth-order valence-corrected chi connectivity index (χ4v) is 4.63. The number of aromatic nitrogens is 4. The molecule has 4 heterocycles. The molecule has 2 fully saturated rings. The number of carbonyl (C=O) groups is 1. The Morgan fingerprint density at radius 3 is 2.55 bits per heavy atom. The van der Waals surface area contributed by atoms with E-state index in [1.807, 2.05) is 24.2 Å². The van der Waals surface area contributed by atoms with Crippen molar-refractivity contribution in [1.29, 1.82) is 5.26 Å². The van der Waals surface area contributed by atoms with Crippen LogP contribution in [0.3, 0.4) is 0 Å². The third-order valence-corrected chi connectivity index (χ3v) is 6.45. The molecular weight excluding hydrogens is 392 g/mol. The molecule has 2 saturated heterocycles. The summed E-state index contributed by atoms with van der Waals surface area (Å²) in [6.07, 6.45) is 5.07. The minimum absolute atomic E-state index is 0.0724. The predicted molar refractivity (Wildman–Crippen MR) is 109 cm³/mol. The number of rotatable bonds is 4. The van der Waals surface area contributed by atoms with Gasteiger partial charge in [0, 0.05) is 50.3 Å². The Labute approximate surface area is 174 Å². The van der Waals surface area contributed by atoms with Gasteiger partial charge in [0.2, 0.25) is 11.9 Å². The Bertz CT molecular complexity index is 980. The van der Waals surface area contributed by atoms with Crippen LogP contribution in [0.1, 0.15) is 20.3 Å². The van der Waals surface area contributed by atoms with Crippen molar-refractivity contribution in [2.24, 2.45) is 17.9 Å². The van der Waals surface area contributed by atoms with Crippen LogP contribution in [0, 0.1) is 22.2 Å². The Hall–Kier alpha value is -2.86. The van der Waals surface area contributed by atoms with Gasteiger partial charge in [0.15, 0.2) is 5.82 Å². The SMILES string of the molecule is Cn1cc(Nc2ncc(Cl)c(N3CC4(C)CN(C(=O)CC#N)CC4(C)C3)n2)cn1. The highest BCUT2D eigenvalue weighted by Crippen LogP contribution is 2.52. The van der Waals surface area contributed by atoms with Crippen LogP contribution in [0.4, 0.5) is 17.5 Å². The van der Waals surface area contributed by atoms with Gasteiger partial charge in [-0.2, -0.15) is 15.3 Å². The first-order valence-corrected chi connectivity index (χ1v) is 9.79. The fourth-order valence-electron chi connectivity index (χ4n) is 4.42. The second-order valence-corrected chi connectivity index (χ2v) is 8.86. The summed E-state index contributed by atoms with van der Waals surface area (Å²) in [5.74, 6) is 1.04.